The molecule has 2 N–H and O–H groups in total. The van der Waals surface area contributed by atoms with Crippen molar-refractivity contribution in [3.63, 3.8) is 0 Å². The van der Waals surface area contributed by atoms with E-state index in [1.54, 1.807) is 0 Å². The van der Waals surface area contributed by atoms with Crippen molar-refractivity contribution in [2.75, 3.05) is 5.73 Å². The number of benzene rings is 1. The molecule has 0 saturated carbocycles. The molecule has 3 nitrogen and oxygen atoms in total. The van der Waals surface area contributed by atoms with Gasteiger partial charge in [-0.3, -0.25) is 0 Å². The van der Waals surface area contributed by atoms with E-state index in [0.29, 0.717) is 5.69 Å². The zero-order valence-electron chi connectivity index (χ0n) is 7.85. The second-order valence-electron chi connectivity index (χ2n) is 3.77. The lowest BCUT2D eigenvalue weighted by Gasteiger charge is -2.06. The Morgan fingerprint density at radius 1 is 1.20 bits per heavy atom. The van der Waals surface area contributed by atoms with E-state index in [1.807, 2.05) is 0 Å². The van der Waals surface area contributed by atoms with E-state index < -0.39 is 6.29 Å². The van der Waals surface area contributed by atoms with Crippen LogP contribution in [0.25, 0.3) is 0 Å². The summed E-state index contributed by atoms with van der Waals surface area (Å²) in [5, 5.41) is 0. The summed E-state index contributed by atoms with van der Waals surface area (Å²) >= 11 is 0. The Labute approximate surface area is 84.8 Å². The van der Waals surface area contributed by atoms with Gasteiger partial charge in [0, 0.05) is 17.3 Å². The van der Waals surface area contributed by atoms with Crippen molar-refractivity contribution in [2.24, 2.45) is 0 Å². The van der Waals surface area contributed by atoms with E-state index in [9.17, 15) is 8.78 Å². The number of nitrogens with two attached hydrogens (primary N) is 1. The van der Waals surface area contributed by atoms with Crippen LogP contribution in [-0.2, 0) is 12.8 Å². The van der Waals surface area contributed by atoms with Crippen molar-refractivity contribution < 1.29 is 18.3 Å². The molecule has 0 atom stereocenters. The monoisotopic (exact) mass is 213 g/mol. The summed E-state index contributed by atoms with van der Waals surface area (Å²) < 4.78 is 34.5. The highest BCUT2D eigenvalue weighted by molar-refractivity contribution is 5.65. The first-order valence-electron chi connectivity index (χ1n) is 4.77. The van der Waals surface area contributed by atoms with Crippen molar-refractivity contribution in [1.29, 1.82) is 0 Å². The number of ether oxygens (including phenoxy) is 2. The molecule has 2 aliphatic rings. The third kappa shape index (κ3) is 1.15. The molecule has 1 aliphatic heterocycles. The molecule has 1 aliphatic carbocycles. The highest BCUT2D eigenvalue weighted by Gasteiger charge is 2.45. The van der Waals surface area contributed by atoms with Crippen LogP contribution in [0.4, 0.5) is 14.5 Å². The van der Waals surface area contributed by atoms with Crippen LogP contribution >= 0.6 is 0 Å². The molecule has 5 heteroatoms. The first kappa shape index (κ1) is 8.76. The molecule has 0 spiro atoms. The molecule has 1 aromatic rings. The minimum Gasteiger partial charge on any atom is -0.398 e. The van der Waals surface area contributed by atoms with E-state index in [2.05, 4.69) is 9.47 Å². The molecule has 0 radical (unpaired) electrons. The quantitative estimate of drug-likeness (QED) is 0.671. The van der Waals surface area contributed by atoms with Gasteiger partial charge in [-0.15, -0.1) is 8.78 Å². The second-order valence-corrected chi connectivity index (χ2v) is 3.77. The Balaban J connectivity index is 2.19. The van der Waals surface area contributed by atoms with Gasteiger partial charge in [-0.2, -0.15) is 0 Å². The Morgan fingerprint density at radius 3 is 2.73 bits per heavy atom. The highest BCUT2D eigenvalue weighted by Crippen LogP contribution is 2.48. The van der Waals surface area contributed by atoms with Gasteiger partial charge < -0.3 is 15.2 Å². The number of rotatable bonds is 0. The molecule has 0 fully saturated rings. The molecule has 0 saturated heterocycles. The van der Waals surface area contributed by atoms with Crippen LogP contribution in [0.15, 0.2) is 6.07 Å². The minimum atomic E-state index is -3.55. The summed E-state index contributed by atoms with van der Waals surface area (Å²) in [6, 6.07) is 1.42. The van der Waals surface area contributed by atoms with Gasteiger partial charge in [0.15, 0.2) is 11.5 Å². The number of hydrogen-bond donors (Lipinski definition) is 1. The summed E-state index contributed by atoms with van der Waals surface area (Å²) in [5.74, 6) is 0.222. The van der Waals surface area contributed by atoms with Crippen LogP contribution in [-0.4, -0.2) is 6.29 Å². The highest BCUT2D eigenvalue weighted by atomic mass is 19.3. The predicted molar refractivity (Wildman–Crippen MR) is 49.1 cm³/mol. The van der Waals surface area contributed by atoms with Crippen LogP contribution in [0.1, 0.15) is 17.5 Å². The van der Waals surface area contributed by atoms with Crippen LogP contribution in [0.2, 0.25) is 0 Å². The molecule has 0 bridgehead atoms. The second kappa shape index (κ2) is 2.53. The third-order valence-electron chi connectivity index (χ3n) is 2.80. The molecular formula is C10H9F2NO2. The number of halogens is 2. The largest absolute Gasteiger partial charge is 0.586 e. The van der Waals surface area contributed by atoms with Crippen molar-refractivity contribution in [3.05, 3.63) is 17.2 Å². The molecule has 80 valence electrons. The lowest BCUT2D eigenvalue weighted by atomic mass is 10.1. The zero-order valence-corrected chi connectivity index (χ0v) is 7.85. The van der Waals surface area contributed by atoms with Crippen molar-refractivity contribution in [2.45, 2.75) is 25.6 Å². The molecule has 0 aromatic heterocycles. The molecule has 0 amide bonds. The average molecular weight is 213 g/mol. The van der Waals surface area contributed by atoms with Gasteiger partial charge in [-0.25, -0.2) is 0 Å². The summed E-state index contributed by atoms with van der Waals surface area (Å²) in [5.41, 5.74) is 7.98. The van der Waals surface area contributed by atoms with Gasteiger partial charge in [0.1, 0.15) is 0 Å². The SMILES string of the molecule is Nc1cc2c(c3c1CCC3)OC(F)(F)O2. The Morgan fingerprint density at radius 2 is 1.93 bits per heavy atom. The van der Waals surface area contributed by atoms with Crippen LogP contribution in [0.5, 0.6) is 11.5 Å². The van der Waals surface area contributed by atoms with E-state index in [0.717, 1.165) is 30.4 Å². The Hall–Kier alpha value is -1.52. The number of nitrogen functional groups attached to an aromatic ring is 1. The smallest absolute Gasteiger partial charge is 0.398 e. The molecule has 0 unspecified atom stereocenters. The van der Waals surface area contributed by atoms with E-state index >= 15 is 0 Å². The predicted octanol–water partition coefficient (Wildman–Crippen LogP) is 2.08. The number of alkyl halides is 2. The Kier molecular flexibility index (Phi) is 1.48. The normalized spacial score (nSPS) is 20.4. The van der Waals surface area contributed by atoms with Gasteiger partial charge in [0.2, 0.25) is 0 Å². The standard InChI is InChI=1S/C10H9F2NO2/c11-10(12)14-8-4-7(13)5-2-1-3-6(5)9(8)15-10/h4H,1-3,13H2. The topological polar surface area (TPSA) is 44.5 Å². The van der Waals surface area contributed by atoms with E-state index in [4.69, 9.17) is 5.73 Å². The minimum absolute atomic E-state index is 0.0538. The summed E-state index contributed by atoms with van der Waals surface area (Å²) in [6.07, 6.45) is -1.08. The van der Waals surface area contributed by atoms with Crippen molar-refractivity contribution in [3.8, 4) is 11.5 Å². The summed E-state index contributed by atoms with van der Waals surface area (Å²) in [7, 11) is 0. The van der Waals surface area contributed by atoms with Gasteiger partial charge in [-0.05, 0) is 24.8 Å². The molecule has 1 aromatic carbocycles. The number of fused-ring (bicyclic) bond motifs is 3. The van der Waals surface area contributed by atoms with E-state index in [-0.39, 0.29) is 11.5 Å². The molecule has 15 heavy (non-hydrogen) atoms. The van der Waals surface area contributed by atoms with E-state index in [1.165, 1.54) is 6.07 Å². The molecular weight excluding hydrogens is 204 g/mol. The molecule has 3 rings (SSSR count). The molecule has 1 heterocycles. The van der Waals surface area contributed by atoms with Crippen LogP contribution in [0.3, 0.4) is 0 Å². The fraction of sp³-hybridized carbons (Fsp3) is 0.400. The van der Waals surface area contributed by atoms with Gasteiger partial charge in [0.25, 0.3) is 0 Å². The van der Waals surface area contributed by atoms with Gasteiger partial charge >= 0.3 is 6.29 Å². The van der Waals surface area contributed by atoms with Crippen LogP contribution in [0, 0.1) is 0 Å². The maximum atomic E-state index is 12.9. The number of anilines is 1. The average Bonchev–Trinajstić information content (AvgIpc) is 2.67. The number of hydrogen-bond acceptors (Lipinski definition) is 3. The van der Waals surface area contributed by atoms with Crippen molar-refractivity contribution in [1.82, 2.24) is 0 Å². The lowest BCUT2D eigenvalue weighted by Crippen LogP contribution is -2.26. The van der Waals surface area contributed by atoms with Gasteiger partial charge in [0.05, 0.1) is 0 Å². The lowest BCUT2D eigenvalue weighted by molar-refractivity contribution is -0.286. The first-order chi connectivity index (χ1) is 7.07. The summed E-state index contributed by atoms with van der Waals surface area (Å²) in [6.45, 7) is 0. The maximum Gasteiger partial charge on any atom is 0.586 e. The third-order valence-corrected chi connectivity index (χ3v) is 2.80. The van der Waals surface area contributed by atoms with Crippen LogP contribution < -0.4 is 15.2 Å². The zero-order chi connectivity index (χ0) is 10.6. The van der Waals surface area contributed by atoms with Gasteiger partial charge in [-0.1, -0.05) is 0 Å². The van der Waals surface area contributed by atoms with Crippen molar-refractivity contribution >= 4 is 5.69 Å². The first-order valence-corrected chi connectivity index (χ1v) is 4.77. The Bertz CT molecular complexity index is 446. The fourth-order valence-electron chi connectivity index (χ4n) is 2.21. The maximum absolute atomic E-state index is 12.9. The summed E-state index contributed by atoms with van der Waals surface area (Å²) in [4.78, 5) is 0. The fourth-order valence-corrected chi connectivity index (χ4v) is 2.21.